The van der Waals surface area contributed by atoms with Gasteiger partial charge < -0.3 is 4.90 Å². The van der Waals surface area contributed by atoms with Gasteiger partial charge in [0.25, 0.3) is 0 Å². The molecule has 70 valence electrons. The molecular weight excluding hydrogens is 164 g/mol. The van der Waals surface area contributed by atoms with Crippen LogP contribution in [-0.4, -0.2) is 20.0 Å². The van der Waals surface area contributed by atoms with Crippen LogP contribution < -0.4 is 9.47 Å². The van der Waals surface area contributed by atoms with Crippen molar-refractivity contribution in [3.63, 3.8) is 0 Å². The average Bonchev–Trinajstić information content (AvgIpc) is 2.17. The molecular formula is C10H15N2O+. The van der Waals surface area contributed by atoms with Crippen LogP contribution in [0.25, 0.3) is 0 Å². The first-order chi connectivity index (χ1) is 6.15. The van der Waals surface area contributed by atoms with Crippen LogP contribution in [0.3, 0.4) is 0 Å². The summed E-state index contributed by atoms with van der Waals surface area (Å²) < 4.78 is 1.60. The Balaban J connectivity index is 2.87. The molecule has 0 amide bonds. The van der Waals surface area contributed by atoms with Crippen molar-refractivity contribution in [1.82, 2.24) is 0 Å². The quantitative estimate of drug-likeness (QED) is 0.635. The zero-order valence-electron chi connectivity index (χ0n) is 8.32. The van der Waals surface area contributed by atoms with E-state index in [0.29, 0.717) is 6.42 Å². The van der Waals surface area contributed by atoms with Crippen molar-refractivity contribution in [3.05, 3.63) is 24.5 Å². The van der Waals surface area contributed by atoms with E-state index >= 15 is 0 Å². The largest absolute Gasteiger partial charge is 0.391 e. The highest BCUT2D eigenvalue weighted by Crippen LogP contribution is 2.05. The summed E-state index contributed by atoms with van der Waals surface area (Å²) in [7, 11) is 3.95. The molecule has 1 aromatic heterocycles. The summed E-state index contributed by atoms with van der Waals surface area (Å²) >= 11 is 0. The van der Waals surface area contributed by atoms with Crippen molar-refractivity contribution in [1.29, 1.82) is 0 Å². The monoisotopic (exact) mass is 179 g/mol. The summed E-state index contributed by atoms with van der Waals surface area (Å²) in [6, 6.07) is 3.85. The van der Waals surface area contributed by atoms with Gasteiger partial charge in [-0.3, -0.25) is 0 Å². The number of anilines is 1. The minimum Gasteiger partial charge on any atom is -0.377 e. The van der Waals surface area contributed by atoms with Crippen molar-refractivity contribution < 1.29 is 9.36 Å². The summed E-state index contributed by atoms with van der Waals surface area (Å²) in [6.45, 7) is 1.86. The molecule has 0 N–H and O–H groups in total. The smallest absolute Gasteiger partial charge is 0.377 e. The lowest BCUT2D eigenvalue weighted by Crippen LogP contribution is -2.40. The maximum absolute atomic E-state index is 11.2. The van der Waals surface area contributed by atoms with Crippen LogP contribution in [0.5, 0.6) is 0 Å². The predicted octanol–water partition coefficient (Wildman–Crippen LogP) is 1.09. The molecule has 1 rings (SSSR count). The van der Waals surface area contributed by atoms with Gasteiger partial charge >= 0.3 is 5.91 Å². The Labute approximate surface area is 78.6 Å². The van der Waals surface area contributed by atoms with Gasteiger partial charge in [0.1, 0.15) is 0 Å². The van der Waals surface area contributed by atoms with Crippen LogP contribution in [0.2, 0.25) is 0 Å². The first-order valence-electron chi connectivity index (χ1n) is 4.37. The highest BCUT2D eigenvalue weighted by molar-refractivity contribution is 5.66. The lowest BCUT2D eigenvalue weighted by molar-refractivity contribution is -0.574. The van der Waals surface area contributed by atoms with Gasteiger partial charge in [-0.25, -0.2) is 4.79 Å². The average molecular weight is 179 g/mol. The molecule has 0 fully saturated rings. The first-order valence-corrected chi connectivity index (χ1v) is 4.37. The zero-order valence-corrected chi connectivity index (χ0v) is 8.32. The molecule has 3 heteroatoms. The number of nitrogens with zero attached hydrogens (tertiary/aromatic N) is 2. The van der Waals surface area contributed by atoms with Crippen molar-refractivity contribution in [2.45, 2.75) is 13.3 Å². The molecule has 0 spiro atoms. The third-order valence-electron chi connectivity index (χ3n) is 1.92. The van der Waals surface area contributed by atoms with Crippen molar-refractivity contribution in [2.24, 2.45) is 0 Å². The van der Waals surface area contributed by atoms with Gasteiger partial charge in [0.2, 0.25) is 0 Å². The number of aromatic nitrogens is 1. The Bertz CT molecular complexity index is 290. The van der Waals surface area contributed by atoms with Crippen LogP contribution in [0.1, 0.15) is 18.1 Å². The highest BCUT2D eigenvalue weighted by Gasteiger charge is 2.10. The number of hydrogen-bond donors (Lipinski definition) is 0. The molecule has 3 nitrogen and oxygen atoms in total. The maximum Gasteiger partial charge on any atom is 0.391 e. The molecule has 0 aromatic carbocycles. The summed E-state index contributed by atoms with van der Waals surface area (Å²) in [4.78, 5) is 13.2. The van der Waals surface area contributed by atoms with Gasteiger partial charge in [0.15, 0.2) is 12.4 Å². The number of pyridine rings is 1. The fourth-order valence-electron chi connectivity index (χ4n) is 1.07. The normalized spacial score (nSPS) is 9.77. The standard InChI is InChI=1S/C10H15N2O/c1-4-10(13)12-7-5-9(6-8-12)11(2)3/h5-8H,4H2,1-3H3/q+1. The lowest BCUT2D eigenvalue weighted by Gasteiger charge is -2.09. The van der Waals surface area contributed by atoms with Gasteiger partial charge in [0, 0.05) is 31.9 Å². The molecule has 13 heavy (non-hydrogen) atoms. The molecule has 1 heterocycles. The number of carbonyl (C=O) groups excluding carboxylic acids is 1. The van der Waals surface area contributed by atoms with E-state index in [1.807, 2.05) is 38.1 Å². The predicted molar refractivity (Wildman–Crippen MR) is 51.9 cm³/mol. The zero-order chi connectivity index (χ0) is 9.84. The second kappa shape index (κ2) is 4.03. The van der Waals surface area contributed by atoms with Crippen LogP contribution in [0.15, 0.2) is 24.5 Å². The SMILES string of the molecule is CCC(=O)[n+]1ccc(N(C)C)cc1. The van der Waals surface area contributed by atoms with E-state index in [1.165, 1.54) is 0 Å². The topological polar surface area (TPSA) is 24.2 Å². The first kappa shape index (κ1) is 9.71. The number of hydrogen-bond acceptors (Lipinski definition) is 2. The van der Waals surface area contributed by atoms with Crippen LogP contribution in [-0.2, 0) is 0 Å². The lowest BCUT2D eigenvalue weighted by atomic mass is 10.3. The van der Waals surface area contributed by atoms with Gasteiger partial charge in [0.05, 0.1) is 6.42 Å². The van der Waals surface area contributed by atoms with Gasteiger partial charge in [-0.05, 0) is 0 Å². The number of carbonyl (C=O) groups is 1. The molecule has 0 aliphatic carbocycles. The van der Waals surface area contributed by atoms with E-state index in [9.17, 15) is 4.79 Å². The Morgan fingerprint density at radius 1 is 1.38 bits per heavy atom. The second-order valence-electron chi connectivity index (χ2n) is 3.11. The number of rotatable bonds is 2. The van der Waals surface area contributed by atoms with E-state index in [1.54, 1.807) is 17.0 Å². The van der Waals surface area contributed by atoms with Crippen LogP contribution >= 0.6 is 0 Å². The van der Waals surface area contributed by atoms with E-state index in [4.69, 9.17) is 0 Å². The molecule has 0 bridgehead atoms. The minimum absolute atomic E-state index is 0.116. The Morgan fingerprint density at radius 3 is 2.31 bits per heavy atom. The van der Waals surface area contributed by atoms with E-state index in [-0.39, 0.29) is 5.91 Å². The van der Waals surface area contributed by atoms with E-state index < -0.39 is 0 Å². The Hall–Kier alpha value is -1.38. The van der Waals surface area contributed by atoms with E-state index in [2.05, 4.69) is 0 Å². The summed E-state index contributed by atoms with van der Waals surface area (Å²) in [5.74, 6) is 0.116. The Morgan fingerprint density at radius 2 is 1.92 bits per heavy atom. The molecule has 0 unspecified atom stereocenters. The fraction of sp³-hybridized carbons (Fsp3) is 0.400. The molecule has 0 saturated heterocycles. The van der Waals surface area contributed by atoms with E-state index in [0.717, 1.165) is 5.69 Å². The van der Waals surface area contributed by atoms with Gasteiger partial charge in [-0.1, -0.05) is 6.92 Å². The van der Waals surface area contributed by atoms with Crippen molar-refractivity contribution in [3.8, 4) is 0 Å². The molecule has 0 aliphatic rings. The van der Waals surface area contributed by atoms with Crippen LogP contribution in [0.4, 0.5) is 5.69 Å². The molecule has 0 saturated carbocycles. The van der Waals surface area contributed by atoms with Crippen molar-refractivity contribution in [2.75, 3.05) is 19.0 Å². The summed E-state index contributed by atoms with van der Waals surface area (Å²) in [5, 5.41) is 0. The molecule has 1 aromatic rings. The fourth-order valence-corrected chi connectivity index (χ4v) is 1.07. The Kier molecular flexibility index (Phi) is 3.01. The van der Waals surface area contributed by atoms with Gasteiger partial charge in [-0.2, -0.15) is 0 Å². The molecule has 0 aliphatic heterocycles. The van der Waals surface area contributed by atoms with Crippen molar-refractivity contribution >= 4 is 11.6 Å². The molecule has 0 radical (unpaired) electrons. The third kappa shape index (κ3) is 2.28. The summed E-state index contributed by atoms with van der Waals surface area (Å²) in [5.41, 5.74) is 1.10. The van der Waals surface area contributed by atoms with Crippen LogP contribution in [0, 0.1) is 0 Å². The highest BCUT2D eigenvalue weighted by atomic mass is 16.1. The maximum atomic E-state index is 11.2. The van der Waals surface area contributed by atoms with Gasteiger partial charge in [-0.15, -0.1) is 4.57 Å². The third-order valence-corrected chi connectivity index (χ3v) is 1.92. The summed E-state index contributed by atoms with van der Waals surface area (Å²) in [6.07, 6.45) is 4.12. The second-order valence-corrected chi connectivity index (χ2v) is 3.11. The minimum atomic E-state index is 0.116. The molecule has 0 atom stereocenters.